The summed E-state index contributed by atoms with van der Waals surface area (Å²) in [4.78, 5) is 24.4. The van der Waals surface area contributed by atoms with Crippen molar-refractivity contribution >= 4 is 12.0 Å². The Kier molecular flexibility index (Phi) is 6.62. The third-order valence-electron chi connectivity index (χ3n) is 3.69. The fraction of sp³-hybridized carbons (Fsp3) is 0.846. The number of ether oxygens (including phenoxy) is 1. The average molecular weight is 272 g/mol. The van der Waals surface area contributed by atoms with Gasteiger partial charge in [-0.15, -0.1) is 0 Å². The Hall–Kier alpha value is -1.30. The van der Waals surface area contributed by atoms with Crippen molar-refractivity contribution in [2.24, 2.45) is 0 Å². The summed E-state index contributed by atoms with van der Waals surface area (Å²) in [5.41, 5.74) is 0. The first-order valence-corrected chi connectivity index (χ1v) is 6.82. The summed E-state index contributed by atoms with van der Waals surface area (Å²) < 4.78 is 4.77. The van der Waals surface area contributed by atoms with Crippen LogP contribution in [-0.4, -0.2) is 54.9 Å². The molecule has 0 aromatic carbocycles. The van der Waals surface area contributed by atoms with Crippen molar-refractivity contribution in [2.75, 3.05) is 20.7 Å². The van der Waals surface area contributed by atoms with Gasteiger partial charge in [-0.3, -0.25) is 0 Å². The molecule has 0 radical (unpaired) electrons. The van der Waals surface area contributed by atoms with Crippen LogP contribution in [0, 0.1) is 0 Å². The van der Waals surface area contributed by atoms with Gasteiger partial charge in [-0.1, -0.05) is 25.7 Å². The van der Waals surface area contributed by atoms with E-state index in [9.17, 15) is 9.59 Å². The smallest absolute Gasteiger partial charge is 0.334 e. The van der Waals surface area contributed by atoms with E-state index in [1.54, 1.807) is 11.9 Å². The maximum atomic E-state index is 12.0. The second kappa shape index (κ2) is 7.99. The predicted molar refractivity (Wildman–Crippen MR) is 71.1 cm³/mol. The highest BCUT2D eigenvalue weighted by Crippen LogP contribution is 2.20. The molecule has 19 heavy (non-hydrogen) atoms. The number of nitrogens with one attached hydrogen (secondary N) is 1. The molecule has 1 atom stereocenters. The second-order valence-corrected chi connectivity index (χ2v) is 5.00. The Balaban J connectivity index is 2.40. The van der Waals surface area contributed by atoms with Crippen molar-refractivity contribution in [1.82, 2.24) is 10.2 Å². The van der Waals surface area contributed by atoms with Gasteiger partial charge in [-0.05, 0) is 12.8 Å². The molecule has 0 heterocycles. The lowest BCUT2D eigenvalue weighted by atomic mass is 10.1. The standard InChI is InChI=1S/C13H24N2O4/c1-15(10-7-5-3-4-6-8-10)13(18)14-9-11(19-2)12(16)17/h10-11H,3-9H2,1-2H3,(H,14,18)(H,16,17). The van der Waals surface area contributed by atoms with Gasteiger partial charge in [0.05, 0.1) is 6.54 Å². The first-order valence-electron chi connectivity index (χ1n) is 6.82. The number of urea groups is 1. The number of carboxylic acid groups (broad SMARTS) is 1. The number of aliphatic carboxylic acids is 1. The van der Waals surface area contributed by atoms with Crippen LogP contribution >= 0.6 is 0 Å². The maximum absolute atomic E-state index is 12.0. The van der Waals surface area contributed by atoms with Crippen LogP contribution in [0.4, 0.5) is 4.79 Å². The predicted octanol–water partition coefficient (Wildman–Crippen LogP) is 1.45. The lowest BCUT2D eigenvalue weighted by molar-refractivity contribution is -0.148. The van der Waals surface area contributed by atoms with E-state index < -0.39 is 12.1 Å². The Morgan fingerprint density at radius 3 is 2.37 bits per heavy atom. The minimum absolute atomic E-state index is 0.0122. The summed E-state index contributed by atoms with van der Waals surface area (Å²) in [6.45, 7) is -0.0122. The topological polar surface area (TPSA) is 78.9 Å². The molecule has 1 rings (SSSR count). The van der Waals surface area contributed by atoms with Gasteiger partial charge in [0.15, 0.2) is 6.10 Å². The molecular formula is C13H24N2O4. The lowest BCUT2D eigenvalue weighted by Crippen LogP contribution is -2.47. The molecule has 0 spiro atoms. The highest BCUT2D eigenvalue weighted by Gasteiger charge is 2.23. The highest BCUT2D eigenvalue weighted by atomic mass is 16.5. The molecule has 0 aromatic heterocycles. The third-order valence-corrected chi connectivity index (χ3v) is 3.69. The van der Waals surface area contributed by atoms with Crippen LogP contribution in [0.3, 0.4) is 0 Å². The number of methoxy groups -OCH3 is 1. The lowest BCUT2D eigenvalue weighted by Gasteiger charge is -2.27. The van der Waals surface area contributed by atoms with E-state index in [0.717, 1.165) is 25.7 Å². The number of nitrogens with zero attached hydrogens (tertiary/aromatic N) is 1. The van der Waals surface area contributed by atoms with E-state index in [4.69, 9.17) is 9.84 Å². The van der Waals surface area contributed by atoms with Gasteiger partial charge in [-0.25, -0.2) is 9.59 Å². The van der Waals surface area contributed by atoms with Crippen LogP contribution in [0.5, 0.6) is 0 Å². The summed E-state index contributed by atoms with van der Waals surface area (Å²) in [6, 6.07) is 0.0310. The van der Waals surface area contributed by atoms with Crippen molar-refractivity contribution in [3.05, 3.63) is 0 Å². The van der Waals surface area contributed by atoms with Crippen molar-refractivity contribution in [2.45, 2.75) is 50.7 Å². The fourth-order valence-electron chi connectivity index (χ4n) is 2.39. The van der Waals surface area contributed by atoms with Crippen LogP contribution in [0.2, 0.25) is 0 Å². The summed E-state index contributed by atoms with van der Waals surface area (Å²) in [7, 11) is 3.09. The van der Waals surface area contributed by atoms with E-state index in [-0.39, 0.29) is 18.6 Å². The molecule has 1 aliphatic carbocycles. The molecule has 0 aromatic rings. The Morgan fingerprint density at radius 2 is 1.89 bits per heavy atom. The van der Waals surface area contributed by atoms with Crippen molar-refractivity contribution in [3.63, 3.8) is 0 Å². The zero-order valence-electron chi connectivity index (χ0n) is 11.7. The fourth-order valence-corrected chi connectivity index (χ4v) is 2.39. The summed E-state index contributed by atoms with van der Waals surface area (Å²) in [5, 5.41) is 11.4. The molecule has 110 valence electrons. The van der Waals surface area contributed by atoms with Crippen LogP contribution in [0.15, 0.2) is 0 Å². The van der Waals surface area contributed by atoms with Gasteiger partial charge in [0, 0.05) is 20.2 Å². The minimum Gasteiger partial charge on any atom is -0.479 e. The number of carboxylic acids is 1. The van der Waals surface area contributed by atoms with Gasteiger partial charge >= 0.3 is 12.0 Å². The summed E-state index contributed by atoms with van der Waals surface area (Å²) in [6.07, 6.45) is 5.82. The molecule has 0 bridgehead atoms. The van der Waals surface area contributed by atoms with E-state index in [1.807, 2.05) is 0 Å². The maximum Gasteiger partial charge on any atom is 0.334 e. The van der Waals surface area contributed by atoms with Gasteiger partial charge in [-0.2, -0.15) is 0 Å². The summed E-state index contributed by atoms with van der Waals surface area (Å²) >= 11 is 0. The number of rotatable bonds is 5. The molecule has 1 unspecified atom stereocenters. The molecule has 1 fully saturated rings. The molecule has 2 N–H and O–H groups in total. The number of hydrogen-bond donors (Lipinski definition) is 2. The second-order valence-electron chi connectivity index (χ2n) is 5.00. The van der Waals surface area contributed by atoms with Crippen molar-refractivity contribution < 1.29 is 19.4 Å². The molecule has 2 amide bonds. The first kappa shape index (κ1) is 15.8. The number of carbonyl (C=O) groups excluding carboxylic acids is 1. The molecule has 0 saturated heterocycles. The first-order chi connectivity index (χ1) is 9.06. The number of carbonyl (C=O) groups is 2. The molecule has 1 aliphatic rings. The van der Waals surface area contributed by atoms with Gasteiger partial charge in [0.25, 0.3) is 0 Å². The molecule has 6 nitrogen and oxygen atoms in total. The van der Waals surface area contributed by atoms with Crippen LogP contribution in [0.25, 0.3) is 0 Å². The Morgan fingerprint density at radius 1 is 1.32 bits per heavy atom. The van der Waals surface area contributed by atoms with Gasteiger partial charge < -0.3 is 20.1 Å². The zero-order chi connectivity index (χ0) is 14.3. The van der Waals surface area contributed by atoms with E-state index in [1.165, 1.54) is 20.0 Å². The normalized spacial score (nSPS) is 18.4. The van der Waals surface area contributed by atoms with Gasteiger partial charge in [0.2, 0.25) is 0 Å². The highest BCUT2D eigenvalue weighted by molar-refractivity contribution is 5.77. The zero-order valence-corrected chi connectivity index (χ0v) is 11.7. The number of amides is 2. The molecular weight excluding hydrogens is 248 g/mol. The molecule has 1 saturated carbocycles. The Bertz CT molecular complexity index is 301. The molecule has 0 aliphatic heterocycles. The SMILES string of the molecule is COC(CNC(=O)N(C)C1CCCCCC1)C(=O)O. The summed E-state index contributed by atoms with van der Waals surface area (Å²) in [5.74, 6) is -1.07. The number of hydrogen-bond acceptors (Lipinski definition) is 3. The van der Waals surface area contributed by atoms with Gasteiger partial charge in [0.1, 0.15) is 0 Å². The monoisotopic (exact) mass is 272 g/mol. The third kappa shape index (κ3) is 5.06. The van der Waals surface area contributed by atoms with E-state index in [0.29, 0.717) is 0 Å². The largest absolute Gasteiger partial charge is 0.479 e. The van der Waals surface area contributed by atoms with Crippen LogP contribution < -0.4 is 5.32 Å². The van der Waals surface area contributed by atoms with Crippen LogP contribution in [0.1, 0.15) is 38.5 Å². The average Bonchev–Trinajstić information content (AvgIpc) is 2.66. The quantitative estimate of drug-likeness (QED) is 0.742. The van der Waals surface area contributed by atoms with Crippen molar-refractivity contribution in [3.8, 4) is 0 Å². The molecule has 6 heteroatoms. The Labute approximate surface area is 114 Å². The minimum atomic E-state index is -1.07. The van der Waals surface area contributed by atoms with Crippen molar-refractivity contribution in [1.29, 1.82) is 0 Å². The van der Waals surface area contributed by atoms with Crippen LogP contribution in [-0.2, 0) is 9.53 Å². The van der Waals surface area contributed by atoms with E-state index >= 15 is 0 Å². The van der Waals surface area contributed by atoms with E-state index in [2.05, 4.69) is 5.32 Å².